The quantitative estimate of drug-likeness (QED) is 0.431. The summed E-state index contributed by atoms with van der Waals surface area (Å²) in [6.45, 7) is 21.2. The fourth-order valence-corrected chi connectivity index (χ4v) is 6.96. The van der Waals surface area contributed by atoms with Crippen LogP contribution in [-0.2, 0) is 25.8 Å². The van der Waals surface area contributed by atoms with Crippen LogP contribution < -0.4 is 5.30 Å². The van der Waals surface area contributed by atoms with Gasteiger partial charge in [-0.2, -0.15) is 0 Å². The zero-order valence-corrected chi connectivity index (χ0v) is 17.0. The Hall–Kier alpha value is 0.312. The summed E-state index contributed by atoms with van der Waals surface area (Å²) in [5.41, 5.74) is 1.68. The Morgan fingerprint density at radius 3 is 1.55 bits per heavy atom. The molecular weight excluding hydrogens is 354 g/mol. The molecule has 118 valence electrons. The van der Waals surface area contributed by atoms with E-state index < -0.39 is 0 Å². The Labute approximate surface area is 141 Å². The molecule has 0 atom stereocenters. The van der Waals surface area contributed by atoms with Crippen LogP contribution in [-0.4, -0.2) is 10.3 Å². The van der Waals surface area contributed by atoms with Gasteiger partial charge in [0.15, 0.2) is 0 Å². The summed E-state index contributed by atoms with van der Waals surface area (Å²) in [6, 6.07) is 9.28. The SMILES string of the molecule is CC(C)(C)c1cccc(P(C(C)(C)C)C(C)(C)C)c1.[Pd]. The van der Waals surface area contributed by atoms with E-state index in [1.54, 1.807) is 5.30 Å². The van der Waals surface area contributed by atoms with Crippen molar-refractivity contribution >= 4 is 13.2 Å². The summed E-state index contributed by atoms with van der Waals surface area (Å²) in [7, 11) is -0.201. The van der Waals surface area contributed by atoms with E-state index in [4.69, 9.17) is 0 Å². The maximum atomic E-state index is 2.45. The van der Waals surface area contributed by atoms with Crippen molar-refractivity contribution in [2.75, 3.05) is 0 Å². The minimum Gasteiger partial charge on any atom is -0.0643 e. The minimum absolute atomic E-state index is 0. The second-order valence-electron chi connectivity index (χ2n) is 8.48. The monoisotopic (exact) mass is 384 g/mol. The number of hydrogen-bond donors (Lipinski definition) is 0. The standard InChI is InChI=1S/C18H31P.Pd/c1-16(2,3)14-11-10-12-15(13-14)19(17(4,5)6)18(7,8)9;/h10-13H,1-9H3;. The van der Waals surface area contributed by atoms with Crippen LogP contribution in [0.25, 0.3) is 0 Å². The molecule has 0 aromatic heterocycles. The Kier molecular flexibility index (Phi) is 6.71. The van der Waals surface area contributed by atoms with Crippen molar-refractivity contribution in [3.63, 3.8) is 0 Å². The first-order valence-corrected chi connectivity index (χ1v) is 8.58. The predicted octanol–water partition coefficient (Wildman–Crippen LogP) is 5.69. The van der Waals surface area contributed by atoms with Gasteiger partial charge in [-0.3, -0.25) is 0 Å². The molecule has 20 heavy (non-hydrogen) atoms. The normalized spacial score (nSPS) is 13.3. The van der Waals surface area contributed by atoms with Crippen molar-refractivity contribution in [3.8, 4) is 0 Å². The molecule has 0 nitrogen and oxygen atoms in total. The summed E-state index contributed by atoms with van der Waals surface area (Å²) >= 11 is 0. The van der Waals surface area contributed by atoms with Crippen LogP contribution in [0.3, 0.4) is 0 Å². The molecule has 1 aromatic rings. The van der Waals surface area contributed by atoms with Gasteiger partial charge in [0.1, 0.15) is 0 Å². The molecule has 0 aliphatic carbocycles. The molecule has 0 unspecified atom stereocenters. The number of benzene rings is 1. The fraction of sp³-hybridized carbons (Fsp3) is 0.667. The van der Waals surface area contributed by atoms with Crippen LogP contribution in [0.4, 0.5) is 0 Å². The summed E-state index contributed by atoms with van der Waals surface area (Å²) in [5, 5.41) is 2.22. The Balaban J connectivity index is 0.00000361. The first-order chi connectivity index (χ1) is 8.33. The molecule has 0 spiro atoms. The third kappa shape index (κ3) is 5.26. The van der Waals surface area contributed by atoms with Crippen LogP contribution in [0.1, 0.15) is 67.9 Å². The largest absolute Gasteiger partial charge is 0.0643 e. The van der Waals surface area contributed by atoms with Gasteiger partial charge in [-0.25, -0.2) is 0 Å². The molecular formula is C18H31PPd. The topological polar surface area (TPSA) is 0 Å². The molecule has 0 aliphatic rings. The van der Waals surface area contributed by atoms with Crippen LogP contribution in [0.5, 0.6) is 0 Å². The van der Waals surface area contributed by atoms with Crippen molar-refractivity contribution in [1.29, 1.82) is 0 Å². The number of hydrogen-bond acceptors (Lipinski definition) is 0. The molecule has 0 saturated heterocycles. The van der Waals surface area contributed by atoms with E-state index in [0.29, 0.717) is 10.3 Å². The summed E-state index contributed by atoms with van der Waals surface area (Å²) in [6.07, 6.45) is 0. The van der Waals surface area contributed by atoms with Gasteiger partial charge in [-0.1, -0.05) is 94.5 Å². The van der Waals surface area contributed by atoms with Crippen LogP contribution in [0, 0.1) is 0 Å². The van der Waals surface area contributed by atoms with Crippen molar-refractivity contribution in [2.24, 2.45) is 0 Å². The molecule has 0 fully saturated rings. The van der Waals surface area contributed by atoms with Crippen LogP contribution in [0.2, 0.25) is 0 Å². The third-order valence-electron chi connectivity index (χ3n) is 3.31. The Bertz CT molecular complexity index is 416. The molecule has 0 aliphatic heterocycles. The van der Waals surface area contributed by atoms with Crippen molar-refractivity contribution < 1.29 is 20.4 Å². The molecule has 0 saturated carbocycles. The average Bonchev–Trinajstić information content (AvgIpc) is 2.11. The van der Waals surface area contributed by atoms with Crippen molar-refractivity contribution in [2.45, 2.75) is 78.0 Å². The second kappa shape index (κ2) is 6.61. The van der Waals surface area contributed by atoms with Gasteiger partial charge in [0.25, 0.3) is 0 Å². The van der Waals surface area contributed by atoms with Gasteiger partial charge in [0, 0.05) is 20.4 Å². The second-order valence-corrected chi connectivity index (χ2v) is 12.3. The molecule has 1 rings (SSSR count). The summed E-state index contributed by atoms with van der Waals surface area (Å²) in [5.74, 6) is 0. The minimum atomic E-state index is -0.201. The molecule has 1 aromatic carbocycles. The van der Waals surface area contributed by atoms with E-state index in [1.807, 2.05) is 0 Å². The van der Waals surface area contributed by atoms with E-state index in [9.17, 15) is 0 Å². The van der Waals surface area contributed by atoms with E-state index in [2.05, 4.69) is 86.6 Å². The Morgan fingerprint density at radius 2 is 1.20 bits per heavy atom. The smallest absolute Gasteiger partial charge is 0 e. The molecule has 0 N–H and O–H groups in total. The van der Waals surface area contributed by atoms with Gasteiger partial charge in [0.05, 0.1) is 0 Å². The molecule has 0 amide bonds. The third-order valence-corrected chi connectivity index (χ3v) is 6.79. The van der Waals surface area contributed by atoms with Gasteiger partial charge >= 0.3 is 0 Å². The fourth-order valence-electron chi connectivity index (χ4n) is 2.89. The zero-order chi connectivity index (χ0) is 15.1. The maximum Gasteiger partial charge on any atom is 0 e. The van der Waals surface area contributed by atoms with Gasteiger partial charge in [0.2, 0.25) is 0 Å². The molecule has 0 bridgehead atoms. The van der Waals surface area contributed by atoms with Crippen molar-refractivity contribution in [1.82, 2.24) is 0 Å². The maximum absolute atomic E-state index is 2.45. The van der Waals surface area contributed by atoms with E-state index >= 15 is 0 Å². The Morgan fingerprint density at radius 1 is 0.750 bits per heavy atom. The summed E-state index contributed by atoms with van der Waals surface area (Å²) < 4.78 is 0. The van der Waals surface area contributed by atoms with Crippen LogP contribution in [0.15, 0.2) is 24.3 Å². The molecule has 0 radical (unpaired) electrons. The first kappa shape index (κ1) is 20.3. The zero-order valence-electron chi connectivity index (χ0n) is 14.6. The summed E-state index contributed by atoms with van der Waals surface area (Å²) in [4.78, 5) is 0. The number of rotatable bonds is 1. The van der Waals surface area contributed by atoms with Gasteiger partial charge in [-0.05, 0) is 26.6 Å². The average molecular weight is 385 g/mol. The molecule has 0 heterocycles. The van der Waals surface area contributed by atoms with Crippen LogP contribution >= 0.6 is 7.92 Å². The predicted molar refractivity (Wildman–Crippen MR) is 91.2 cm³/mol. The first-order valence-electron chi connectivity index (χ1n) is 7.24. The van der Waals surface area contributed by atoms with E-state index in [0.717, 1.165) is 0 Å². The van der Waals surface area contributed by atoms with Gasteiger partial charge in [-0.15, -0.1) is 0 Å². The molecule has 2 heteroatoms. The van der Waals surface area contributed by atoms with Gasteiger partial charge < -0.3 is 0 Å². The van der Waals surface area contributed by atoms with Crippen molar-refractivity contribution in [3.05, 3.63) is 29.8 Å². The van der Waals surface area contributed by atoms with E-state index in [1.165, 1.54) is 5.56 Å². The van der Waals surface area contributed by atoms with E-state index in [-0.39, 0.29) is 33.8 Å².